The van der Waals surface area contributed by atoms with Gasteiger partial charge in [-0.25, -0.2) is 8.42 Å². The van der Waals surface area contributed by atoms with Gasteiger partial charge >= 0.3 is 0 Å². The number of anilines is 1. The van der Waals surface area contributed by atoms with Gasteiger partial charge in [0.05, 0.1) is 10.6 Å². The first-order valence-electron chi connectivity index (χ1n) is 12.4. The molecule has 3 rings (SSSR count). The smallest absolute Gasteiger partial charge is 0.264 e. The van der Waals surface area contributed by atoms with Crippen LogP contribution >= 0.6 is 0 Å². The van der Waals surface area contributed by atoms with E-state index in [0.29, 0.717) is 18.7 Å². The van der Waals surface area contributed by atoms with Gasteiger partial charge in [0, 0.05) is 13.1 Å². The summed E-state index contributed by atoms with van der Waals surface area (Å²) in [4.78, 5) is 28.4. The molecule has 0 heterocycles. The zero-order valence-electron chi connectivity index (χ0n) is 21.8. The largest absolute Gasteiger partial charge is 0.355 e. The van der Waals surface area contributed by atoms with E-state index in [1.165, 1.54) is 4.90 Å². The van der Waals surface area contributed by atoms with Crippen LogP contribution in [-0.2, 0) is 26.2 Å². The summed E-state index contributed by atoms with van der Waals surface area (Å²) in [6.45, 7) is 7.52. The fourth-order valence-corrected chi connectivity index (χ4v) is 5.66. The maximum Gasteiger partial charge on any atom is 0.264 e. The number of carbonyl (C=O) groups is 2. The van der Waals surface area contributed by atoms with E-state index in [9.17, 15) is 18.0 Å². The van der Waals surface area contributed by atoms with Gasteiger partial charge in [0.2, 0.25) is 11.8 Å². The lowest BCUT2D eigenvalue weighted by atomic mass is 10.1. The Bertz CT molecular complexity index is 1310. The molecular weight excluding hydrogens is 486 g/mol. The number of hydrogen-bond acceptors (Lipinski definition) is 4. The average molecular weight is 522 g/mol. The van der Waals surface area contributed by atoms with Crippen molar-refractivity contribution in [3.8, 4) is 0 Å². The quantitative estimate of drug-likeness (QED) is 0.404. The number of rotatable bonds is 11. The molecule has 0 fully saturated rings. The van der Waals surface area contributed by atoms with Crippen molar-refractivity contribution in [3.05, 3.63) is 95.6 Å². The van der Waals surface area contributed by atoms with Gasteiger partial charge in [-0.1, -0.05) is 73.2 Å². The second-order valence-electron chi connectivity index (χ2n) is 8.94. The van der Waals surface area contributed by atoms with Gasteiger partial charge in [-0.3, -0.25) is 13.9 Å². The Labute approximate surface area is 220 Å². The number of aryl methyl sites for hydroxylation is 2. The number of benzene rings is 3. The summed E-state index contributed by atoms with van der Waals surface area (Å²) >= 11 is 0. The van der Waals surface area contributed by atoms with E-state index in [1.54, 1.807) is 36.4 Å². The topological polar surface area (TPSA) is 86.8 Å². The fraction of sp³-hybridized carbons (Fsp3) is 0.310. The van der Waals surface area contributed by atoms with E-state index in [1.807, 2.05) is 70.2 Å². The molecule has 37 heavy (non-hydrogen) atoms. The molecule has 1 atom stereocenters. The van der Waals surface area contributed by atoms with Crippen molar-refractivity contribution in [2.45, 2.75) is 51.6 Å². The molecule has 1 N–H and O–H groups in total. The highest BCUT2D eigenvalue weighted by atomic mass is 32.2. The third-order valence-corrected chi connectivity index (χ3v) is 7.98. The van der Waals surface area contributed by atoms with Crippen LogP contribution in [0.5, 0.6) is 0 Å². The summed E-state index contributed by atoms with van der Waals surface area (Å²) in [6.07, 6.45) is 0.388. The molecule has 196 valence electrons. The van der Waals surface area contributed by atoms with E-state index >= 15 is 0 Å². The third kappa shape index (κ3) is 6.77. The Kier molecular flexibility index (Phi) is 9.47. The van der Waals surface area contributed by atoms with Gasteiger partial charge in [-0.2, -0.15) is 0 Å². The minimum absolute atomic E-state index is 0.0968. The monoisotopic (exact) mass is 521 g/mol. The molecule has 0 radical (unpaired) electrons. The molecule has 7 nitrogen and oxygen atoms in total. The molecule has 0 saturated heterocycles. The standard InChI is InChI=1S/C29H35N3O4S/c1-5-26(29(34)30-6-2)31(20-24-13-8-7-9-14-24)28(33)21-32(27-15-11-10-12-23(27)4)37(35,36)25-18-16-22(3)17-19-25/h7-19,26H,5-6,20-21H2,1-4H3,(H,30,34)/t26-/m0/s1. The maximum atomic E-state index is 13.9. The molecule has 3 aromatic carbocycles. The van der Waals surface area contributed by atoms with Crippen LogP contribution in [0.4, 0.5) is 5.69 Å². The van der Waals surface area contributed by atoms with Crippen LogP contribution in [0, 0.1) is 13.8 Å². The van der Waals surface area contributed by atoms with Gasteiger partial charge in [0.15, 0.2) is 0 Å². The number of likely N-dealkylation sites (N-methyl/N-ethyl adjacent to an activating group) is 1. The van der Waals surface area contributed by atoms with Crippen LogP contribution in [0.3, 0.4) is 0 Å². The van der Waals surface area contributed by atoms with E-state index in [2.05, 4.69) is 5.32 Å². The number of carbonyl (C=O) groups excluding carboxylic acids is 2. The molecule has 0 spiro atoms. The van der Waals surface area contributed by atoms with E-state index < -0.39 is 28.5 Å². The summed E-state index contributed by atoms with van der Waals surface area (Å²) in [6, 6.07) is 22.3. The SMILES string of the molecule is CCNC(=O)[C@H](CC)N(Cc1ccccc1)C(=O)CN(c1ccccc1C)S(=O)(=O)c1ccc(C)cc1. The molecule has 0 aliphatic rings. The van der Waals surface area contributed by atoms with Gasteiger partial charge < -0.3 is 10.2 Å². The third-order valence-electron chi connectivity index (χ3n) is 6.20. The first-order valence-corrected chi connectivity index (χ1v) is 13.9. The Balaban J connectivity index is 2.06. The Morgan fingerprint density at radius 2 is 1.49 bits per heavy atom. The Hall–Kier alpha value is -3.65. The molecule has 0 unspecified atom stereocenters. The molecule has 0 aliphatic carbocycles. The summed E-state index contributed by atoms with van der Waals surface area (Å²) in [5.41, 5.74) is 2.92. The highest BCUT2D eigenvalue weighted by Gasteiger charge is 2.33. The molecule has 0 bridgehead atoms. The van der Waals surface area contributed by atoms with Crippen LogP contribution in [0.15, 0.2) is 83.8 Å². The lowest BCUT2D eigenvalue weighted by Gasteiger charge is -2.33. The van der Waals surface area contributed by atoms with E-state index in [0.717, 1.165) is 21.0 Å². The predicted octanol–water partition coefficient (Wildman–Crippen LogP) is 4.44. The maximum absolute atomic E-state index is 13.9. The molecular formula is C29H35N3O4S. The van der Waals surface area contributed by atoms with Crippen LogP contribution in [-0.4, -0.2) is 44.3 Å². The van der Waals surface area contributed by atoms with Crippen molar-refractivity contribution in [2.24, 2.45) is 0 Å². The second-order valence-corrected chi connectivity index (χ2v) is 10.8. The van der Waals surface area contributed by atoms with Crippen molar-refractivity contribution >= 4 is 27.5 Å². The van der Waals surface area contributed by atoms with Crippen LogP contribution in [0.25, 0.3) is 0 Å². The zero-order chi connectivity index (χ0) is 27.0. The Morgan fingerprint density at radius 3 is 2.08 bits per heavy atom. The van der Waals surface area contributed by atoms with Crippen molar-refractivity contribution in [2.75, 3.05) is 17.4 Å². The lowest BCUT2D eigenvalue weighted by molar-refractivity contribution is -0.140. The first-order chi connectivity index (χ1) is 17.7. The van der Waals surface area contributed by atoms with E-state index in [-0.39, 0.29) is 17.3 Å². The minimum Gasteiger partial charge on any atom is -0.355 e. The number of nitrogens with one attached hydrogen (secondary N) is 1. The molecule has 0 aromatic heterocycles. The van der Waals surface area contributed by atoms with Crippen LogP contribution in [0.1, 0.15) is 37.0 Å². The van der Waals surface area contributed by atoms with Crippen molar-refractivity contribution in [3.63, 3.8) is 0 Å². The average Bonchev–Trinajstić information content (AvgIpc) is 2.88. The van der Waals surface area contributed by atoms with Crippen LogP contribution in [0.2, 0.25) is 0 Å². The Morgan fingerprint density at radius 1 is 0.865 bits per heavy atom. The zero-order valence-corrected chi connectivity index (χ0v) is 22.7. The first kappa shape index (κ1) is 27.9. The molecule has 0 aliphatic heterocycles. The molecule has 0 saturated carbocycles. The van der Waals surface area contributed by atoms with Gasteiger partial charge in [-0.15, -0.1) is 0 Å². The minimum atomic E-state index is -4.07. The molecule has 8 heteroatoms. The van der Waals surface area contributed by atoms with Gasteiger partial charge in [0.1, 0.15) is 12.6 Å². The number of nitrogens with zero attached hydrogens (tertiary/aromatic N) is 2. The summed E-state index contributed by atoms with van der Waals surface area (Å²) < 4.78 is 28.9. The highest BCUT2D eigenvalue weighted by Crippen LogP contribution is 2.27. The normalized spacial score (nSPS) is 12.0. The second kappa shape index (κ2) is 12.5. The van der Waals surface area contributed by atoms with Crippen molar-refractivity contribution < 1.29 is 18.0 Å². The molecule has 2 amide bonds. The number of amides is 2. The van der Waals surface area contributed by atoms with Crippen molar-refractivity contribution in [1.29, 1.82) is 0 Å². The summed E-state index contributed by atoms with van der Waals surface area (Å²) in [5.74, 6) is -0.723. The number of para-hydroxylation sites is 1. The van der Waals surface area contributed by atoms with Gasteiger partial charge in [0.25, 0.3) is 10.0 Å². The lowest BCUT2D eigenvalue weighted by Crippen LogP contribution is -2.52. The highest BCUT2D eigenvalue weighted by molar-refractivity contribution is 7.92. The summed E-state index contributed by atoms with van der Waals surface area (Å²) in [7, 11) is -4.07. The van der Waals surface area contributed by atoms with E-state index in [4.69, 9.17) is 0 Å². The van der Waals surface area contributed by atoms with Crippen LogP contribution < -0.4 is 9.62 Å². The number of hydrogen-bond donors (Lipinski definition) is 1. The molecule has 3 aromatic rings. The number of sulfonamides is 1. The fourth-order valence-electron chi connectivity index (χ4n) is 4.19. The predicted molar refractivity (Wildman–Crippen MR) is 147 cm³/mol. The summed E-state index contributed by atoms with van der Waals surface area (Å²) in [5, 5.41) is 2.81. The van der Waals surface area contributed by atoms with Crippen molar-refractivity contribution in [1.82, 2.24) is 10.2 Å². The van der Waals surface area contributed by atoms with Gasteiger partial charge in [-0.05, 0) is 56.5 Å².